The van der Waals surface area contributed by atoms with Crippen molar-refractivity contribution in [3.05, 3.63) is 0 Å². The molecule has 0 spiro atoms. The molecule has 0 aromatic rings. The Morgan fingerprint density at radius 1 is 0.619 bits per heavy atom. The first-order chi connectivity index (χ1) is 9.04. The molecule has 0 aliphatic heterocycles. The number of hydrogen-bond donors (Lipinski definition) is 2. The molecular formula is C16H36CoN4+2. The molecule has 0 aliphatic carbocycles. The van der Waals surface area contributed by atoms with Crippen LogP contribution in [-0.4, -0.2) is 35.8 Å². The summed E-state index contributed by atoms with van der Waals surface area (Å²) in [4.78, 5) is 8.65. The average Bonchev–Trinajstić information content (AvgIpc) is 2.11. The van der Waals surface area contributed by atoms with Gasteiger partial charge in [-0.1, -0.05) is 0 Å². The van der Waals surface area contributed by atoms with E-state index in [0.717, 1.165) is 11.7 Å². The normalized spacial score (nSPS) is 12.3. The van der Waals surface area contributed by atoms with Crippen LogP contribution in [0.2, 0.25) is 0 Å². The van der Waals surface area contributed by atoms with Crippen LogP contribution in [0.5, 0.6) is 0 Å². The number of aliphatic imine (C=N–C) groups is 2. The molecule has 0 amide bonds. The zero-order chi connectivity index (χ0) is 16.3. The molecule has 127 valence electrons. The van der Waals surface area contributed by atoms with Crippen molar-refractivity contribution in [2.75, 3.05) is 0 Å². The van der Waals surface area contributed by atoms with E-state index >= 15 is 0 Å². The number of nitrogens with zero attached hydrogens (tertiary/aromatic N) is 2. The Morgan fingerprint density at radius 3 is 1.00 bits per heavy atom. The first-order valence-electron chi connectivity index (χ1n) is 7.66. The van der Waals surface area contributed by atoms with Gasteiger partial charge in [-0.05, 0) is 69.2 Å². The molecule has 1 radical (unpaired) electrons. The van der Waals surface area contributed by atoms with Crippen LogP contribution in [-0.2, 0) is 16.8 Å². The molecule has 5 heteroatoms. The van der Waals surface area contributed by atoms with E-state index in [0.29, 0.717) is 24.2 Å². The maximum atomic E-state index is 4.32. The van der Waals surface area contributed by atoms with Gasteiger partial charge in [0.2, 0.25) is 0 Å². The first kappa shape index (κ1) is 25.4. The van der Waals surface area contributed by atoms with Gasteiger partial charge in [-0.15, -0.1) is 0 Å². The van der Waals surface area contributed by atoms with Crippen LogP contribution in [0.1, 0.15) is 69.2 Å². The minimum absolute atomic E-state index is 0. The molecule has 0 saturated carbocycles. The number of rotatable bonds is 4. The minimum atomic E-state index is 0. The van der Waals surface area contributed by atoms with Crippen molar-refractivity contribution >= 4 is 11.7 Å². The number of nitrogens with one attached hydrogen (secondary N) is 2. The molecule has 0 heterocycles. The van der Waals surface area contributed by atoms with Crippen molar-refractivity contribution in [2.45, 2.75) is 93.4 Å². The predicted octanol–water partition coefficient (Wildman–Crippen LogP) is 3.62. The fourth-order valence-corrected chi connectivity index (χ4v) is 1.68. The maximum absolute atomic E-state index is 4.32. The largest absolute Gasteiger partial charge is 2.00 e. The molecule has 0 saturated heterocycles. The van der Waals surface area contributed by atoms with Crippen molar-refractivity contribution in [1.29, 1.82) is 0 Å². The van der Waals surface area contributed by atoms with E-state index in [1.807, 2.05) is 13.8 Å². The van der Waals surface area contributed by atoms with Crippen LogP contribution in [0.15, 0.2) is 9.98 Å². The summed E-state index contributed by atoms with van der Waals surface area (Å²) in [6.45, 7) is 20.7. The summed E-state index contributed by atoms with van der Waals surface area (Å²) >= 11 is 0. The molecule has 0 atom stereocenters. The van der Waals surface area contributed by atoms with Crippen molar-refractivity contribution in [3.8, 4) is 0 Å². The van der Waals surface area contributed by atoms with Gasteiger partial charge < -0.3 is 10.6 Å². The van der Waals surface area contributed by atoms with E-state index in [1.54, 1.807) is 0 Å². The second kappa shape index (κ2) is 14.4. The number of hydrogen-bond acceptors (Lipinski definition) is 2. The monoisotopic (exact) mass is 343 g/mol. The molecule has 2 N–H and O–H groups in total. The van der Waals surface area contributed by atoms with E-state index < -0.39 is 0 Å². The Bertz CT molecular complexity index is 265. The van der Waals surface area contributed by atoms with Gasteiger partial charge in [0.15, 0.2) is 0 Å². The molecule has 4 nitrogen and oxygen atoms in total. The van der Waals surface area contributed by atoms with Gasteiger partial charge in [-0.2, -0.15) is 0 Å². The molecule has 0 fully saturated rings. The fourth-order valence-electron chi connectivity index (χ4n) is 1.68. The van der Waals surface area contributed by atoms with Gasteiger partial charge in [0.1, 0.15) is 0 Å². The van der Waals surface area contributed by atoms with Crippen LogP contribution >= 0.6 is 0 Å². The van der Waals surface area contributed by atoms with Crippen molar-refractivity contribution in [2.24, 2.45) is 9.98 Å². The van der Waals surface area contributed by atoms with Crippen LogP contribution in [0.3, 0.4) is 0 Å². The quantitative estimate of drug-likeness (QED) is 0.605. The van der Waals surface area contributed by atoms with Crippen molar-refractivity contribution < 1.29 is 16.8 Å². The molecule has 21 heavy (non-hydrogen) atoms. The minimum Gasteiger partial charge on any atom is -0.372 e. The Balaban J connectivity index is -0.000000295. The van der Waals surface area contributed by atoms with E-state index in [1.165, 1.54) is 0 Å². The molecule has 0 aromatic carbocycles. The molecule has 0 bridgehead atoms. The SMILES string of the molecule is CC(=NC(C)C)NC(C)C.CC(=NC(C)C)NC(C)C.[Co+2]. The number of amidine groups is 2. The fraction of sp³-hybridized carbons (Fsp3) is 0.875. The molecular weight excluding hydrogens is 307 g/mol. The molecule has 0 unspecified atom stereocenters. The Labute approximate surface area is 142 Å². The predicted molar refractivity (Wildman–Crippen MR) is 93.0 cm³/mol. The van der Waals surface area contributed by atoms with Crippen LogP contribution in [0.25, 0.3) is 0 Å². The second-order valence-electron chi connectivity index (χ2n) is 6.21. The van der Waals surface area contributed by atoms with Crippen molar-refractivity contribution in [1.82, 2.24) is 10.6 Å². The van der Waals surface area contributed by atoms with E-state index in [4.69, 9.17) is 0 Å². The third-order valence-electron chi connectivity index (χ3n) is 1.90. The van der Waals surface area contributed by atoms with E-state index in [2.05, 4.69) is 76.0 Å². The van der Waals surface area contributed by atoms with E-state index in [9.17, 15) is 0 Å². The van der Waals surface area contributed by atoms with Crippen LogP contribution < -0.4 is 10.6 Å². The third kappa shape index (κ3) is 24.8. The Morgan fingerprint density at radius 2 is 0.857 bits per heavy atom. The first-order valence-corrected chi connectivity index (χ1v) is 7.66. The Hall–Kier alpha value is -0.554. The third-order valence-corrected chi connectivity index (χ3v) is 1.90. The van der Waals surface area contributed by atoms with Gasteiger partial charge in [0, 0.05) is 24.2 Å². The van der Waals surface area contributed by atoms with Crippen LogP contribution in [0, 0.1) is 0 Å². The average molecular weight is 343 g/mol. The molecule has 0 aromatic heterocycles. The molecule has 0 rings (SSSR count). The van der Waals surface area contributed by atoms with E-state index in [-0.39, 0.29) is 16.8 Å². The van der Waals surface area contributed by atoms with Gasteiger partial charge in [-0.3, -0.25) is 9.98 Å². The standard InChI is InChI=1S/2C8H18N2.Co/c2*1-6(2)9-8(5)10-7(3)4;/h2*6-7H,1-5H3,(H,9,10);/q;;+2. The summed E-state index contributed by atoms with van der Waals surface area (Å²) in [7, 11) is 0. The smallest absolute Gasteiger partial charge is 0.372 e. The van der Waals surface area contributed by atoms with Gasteiger partial charge in [0.05, 0.1) is 11.7 Å². The van der Waals surface area contributed by atoms with Crippen LogP contribution in [0.4, 0.5) is 0 Å². The second-order valence-corrected chi connectivity index (χ2v) is 6.21. The van der Waals surface area contributed by atoms with Crippen molar-refractivity contribution in [3.63, 3.8) is 0 Å². The zero-order valence-corrected chi connectivity index (χ0v) is 16.6. The van der Waals surface area contributed by atoms with Gasteiger partial charge in [-0.25, -0.2) is 0 Å². The van der Waals surface area contributed by atoms with Gasteiger partial charge >= 0.3 is 16.8 Å². The topological polar surface area (TPSA) is 48.8 Å². The summed E-state index contributed by atoms with van der Waals surface area (Å²) in [5.41, 5.74) is 0. The Kier molecular flexibility index (Phi) is 17.4. The summed E-state index contributed by atoms with van der Waals surface area (Å²) in [6, 6.07) is 1.77. The summed E-state index contributed by atoms with van der Waals surface area (Å²) < 4.78 is 0. The summed E-state index contributed by atoms with van der Waals surface area (Å²) in [5.74, 6) is 2.06. The summed E-state index contributed by atoms with van der Waals surface area (Å²) in [5, 5.41) is 6.45. The van der Waals surface area contributed by atoms with Gasteiger partial charge in [0.25, 0.3) is 0 Å². The zero-order valence-electron chi connectivity index (χ0n) is 15.5. The maximum Gasteiger partial charge on any atom is 2.00 e. The summed E-state index contributed by atoms with van der Waals surface area (Å²) in [6.07, 6.45) is 0. The molecule has 0 aliphatic rings.